The van der Waals surface area contributed by atoms with Gasteiger partial charge >= 0.3 is 0 Å². The number of pyridine rings is 1. The van der Waals surface area contributed by atoms with Gasteiger partial charge in [0.25, 0.3) is 0 Å². The molecule has 0 saturated heterocycles. The van der Waals surface area contributed by atoms with Crippen LogP contribution in [0.4, 0.5) is 0 Å². The van der Waals surface area contributed by atoms with Crippen LogP contribution in [0.25, 0.3) is 0 Å². The number of hydrogen-bond donors (Lipinski definition) is 1. The van der Waals surface area contributed by atoms with E-state index >= 15 is 0 Å². The average Bonchev–Trinajstić information content (AvgIpc) is 2.95. The second-order valence-electron chi connectivity index (χ2n) is 4.45. The summed E-state index contributed by atoms with van der Waals surface area (Å²) < 4.78 is 0. The highest BCUT2D eigenvalue weighted by atomic mass is 14.9. The van der Waals surface area contributed by atoms with E-state index in [0.29, 0.717) is 6.04 Å². The molecule has 14 heavy (non-hydrogen) atoms. The number of nitrogens with one attached hydrogen (secondary N) is 1. The zero-order valence-electron chi connectivity index (χ0n) is 8.90. The normalized spacial score (nSPS) is 25.4. The Hall–Kier alpha value is -0.890. The van der Waals surface area contributed by atoms with Gasteiger partial charge in [-0.25, -0.2) is 0 Å². The van der Waals surface area contributed by atoms with Crippen molar-refractivity contribution >= 4 is 0 Å². The Labute approximate surface area is 85.7 Å². The first-order valence-corrected chi connectivity index (χ1v) is 5.40. The lowest BCUT2D eigenvalue weighted by atomic mass is 10.1. The maximum Gasteiger partial charge on any atom is 0.0270 e. The molecule has 2 nitrogen and oxygen atoms in total. The van der Waals surface area contributed by atoms with Crippen molar-refractivity contribution in [1.29, 1.82) is 0 Å². The van der Waals surface area contributed by atoms with Crippen molar-refractivity contribution in [2.75, 3.05) is 6.54 Å². The lowest BCUT2D eigenvalue weighted by Crippen LogP contribution is -2.25. The smallest absolute Gasteiger partial charge is 0.0270 e. The monoisotopic (exact) mass is 190 g/mol. The van der Waals surface area contributed by atoms with Crippen LogP contribution < -0.4 is 5.32 Å². The summed E-state index contributed by atoms with van der Waals surface area (Å²) in [7, 11) is 0. The third kappa shape index (κ3) is 2.32. The van der Waals surface area contributed by atoms with Crippen molar-refractivity contribution in [1.82, 2.24) is 10.3 Å². The minimum atomic E-state index is 0.605. The Kier molecular flexibility index (Phi) is 2.82. The quantitative estimate of drug-likeness (QED) is 0.787. The van der Waals surface area contributed by atoms with Crippen LogP contribution in [0.5, 0.6) is 0 Å². The third-order valence-electron chi connectivity index (χ3n) is 2.85. The summed E-state index contributed by atoms with van der Waals surface area (Å²) in [4.78, 5) is 4.04. The van der Waals surface area contributed by atoms with Gasteiger partial charge in [-0.05, 0) is 42.5 Å². The molecule has 1 aromatic heterocycles. The van der Waals surface area contributed by atoms with E-state index in [0.717, 1.165) is 18.4 Å². The van der Waals surface area contributed by atoms with Gasteiger partial charge in [0.1, 0.15) is 0 Å². The summed E-state index contributed by atoms with van der Waals surface area (Å²) in [5.74, 6) is 1.63. The van der Waals surface area contributed by atoms with Crippen molar-refractivity contribution in [3.05, 3.63) is 30.1 Å². The number of hydrogen-bond acceptors (Lipinski definition) is 2. The van der Waals surface area contributed by atoms with Crippen LogP contribution in [0.3, 0.4) is 0 Å². The highest BCUT2D eigenvalue weighted by molar-refractivity contribution is 5.23. The number of aromatic nitrogens is 1. The van der Waals surface area contributed by atoms with Gasteiger partial charge in [-0.2, -0.15) is 0 Å². The molecule has 0 aromatic carbocycles. The fourth-order valence-electron chi connectivity index (χ4n) is 1.88. The topological polar surface area (TPSA) is 24.9 Å². The Morgan fingerprint density at radius 2 is 2.14 bits per heavy atom. The van der Waals surface area contributed by atoms with Crippen LogP contribution in [-0.2, 0) is 0 Å². The summed E-state index contributed by atoms with van der Waals surface area (Å²) in [5.41, 5.74) is 1.45. The van der Waals surface area contributed by atoms with Gasteiger partial charge in [0, 0.05) is 18.4 Å². The van der Waals surface area contributed by atoms with Gasteiger partial charge in [-0.3, -0.25) is 4.98 Å². The molecule has 0 radical (unpaired) electrons. The molecule has 1 fully saturated rings. The van der Waals surface area contributed by atoms with E-state index in [9.17, 15) is 0 Å². The van der Waals surface area contributed by atoms with Gasteiger partial charge in [-0.1, -0.05) is 13.8 Å². The third-order valence-corrected chi connectivity index (χ3v) is 2.85. The first kappa shape index (κ1) is 9.66. The Balaban J connectivity index is 1.82. The molecule has 0 spiro atoms. The molecule has 2 heteroatoms. The molecular weight excluding hydrogens is 172 g/mol. The maximum atomic E-state index is 4.04. The number of nitrogens with zero attached hydrogens (tertiary/aromatic N) is 1. The molecule has 0 amide bonds. The molecular formula is C12H18N2. The number of rotatable bonds is 4. The molecule has 1 saturated carbocycles. The molecule has 1 N–H and O–H groups in total. The average molecular weight is 190 g/mol. The summed E-state index contributed by atoms with van der Waals surface area (Å²) in [6, 6.07) is 4.88. The van der Waals surface area contributed by atoms with Gasteiger partial charge in [0.05, 0.1) is 0 Å². The Morgan fingerprint density at radius 1 is 1.43 bits per heavy atom. The van der Waals surface area contributed by atoms with Crippen molar-refractivity contribution in [3.8, 4) is 0 Å². The summed E-state index contributed by atoms with van der Waals surface area (Å²) in [6.45, 7) is 5.55. The summed E-state index contributed by atoms with van der Waals surface area (Å²) >= 11 is 0. The van der Waals surface area contributed by atoms with E-state index in [4.69, 9.17) is 0 Å². The standard InChI is InChI=1S/C12H18N2/c1-9(2)14-8-11-7-12(11)10-3-5-13-6-4-10/h3-6,9,11-12,14H,7-8H2,1-2H3. The maximum absolute atomic E-state index is 4.04. The van der Waals surface area contributed by atoms with Crippen molar-refractivity contribution in [2.24, 2.45) is 5.92 Å². The fraction of sp³-hybridized carbons (Fsp3) is 0.583. The molecule has 2 unspecified atom stereocenters. The fourth-order valence-corrected chi connectivity index (χ4v) is 1.88. The molecule has 1 heterocycles. The predicted octanol–water partition coefficient (Wildman–Crippen LogP) is 2.18. The van der Waals surface area contributed by atoms with Crippen molar-refractivity contribution in [2.45, 2.75) is 32.2 Å². The second kappa shape index (κ2) is 4.09. The molecule has 1 aromatic rings. The van der Waals surface area contributed by atoms with E-state index in [1.165, 1.54) is 12.0 Å². The largest absolute Gasteiger partial charge is 0.314 e. The van der Waals surface area contributed by atoms with E-state index in [2.05, 4.69) is 36.3 Å². The zero-order valence-corrected chi connectivity index (χ0v) is 8.90. The molecule has 1 aliphatic rings. The Bertz CT molecular complexity index is 282. The Morgan fingerprint density at radius 3 is 2.79 bits per heavy atom. The van der Waals surface area contributed by atoms with E-state index < -0.39 is 0 Å². The van der Waals surface area contributed by atoms with Gasteiger partial charge in [0.15, 0.2) is 0 Å². The molecule has 1 aliphatic carbocycles. The lowest BCUT2D eigenvalue weighted by Gasteiger charge is -2.06. The SMILES string of the molecule is CC(C)NCC1CC1c1ccncc1. The van der Waals surface area contributed by atoms with Gasteiger partial charge in [0.2, 0.25) is 0 Å². The van der Waals surface area contributed by atoms with Gasteiger partial charge < -0.3 is 5.32 Å². The molecule has 2 atom stereocenters. The first-order valence-electron chi connectivity index (χ1n) is 5.40. The molecule has 2 rings (SSSR count). The van der Waals surface area contributed by atoms with Crippen LogP contribution in [0.1, 0.15) is 31.7 Å². The van der Waals surface area contributed by atoms with Crippen LogP contribution in [0.15, 0.2) is 24.5 Å². The highest BCUT2D eigenvalue weighted by Gasteiger charge is 2.37. The predicted molar refractivity (Wildman–Crippen MR) is 58.2 cm³/mol. The van der Waals surface area contributed by atoms with E-state index in [1.807, 2.05) is 12.4 Å². The first-order chi connectivity index (χ1) is 6.77. The zero-order chi connectivity index (χ0) is 9.97. The van der Waals surface area contributed by atoms with Crippen LogP contribution in [0.2, 0.25) is 0 Å². The van der Waals surface area contributed by atoms with E-state index in [1.54, 1.807) is 0 Å². The van der Waals surface area contributed by atoms with Crippen LogP contribution >= 0.6 is 0 Å². The van der Waals surface area contributed by atoms with Gasteiger partial charge in [-0.15, -0.1) is 0 Å². The molecule has 0 aliphatic heterocycles. The van der Waals surface area contributed by atoms with Crippen LogP contribution in [0, 0.1) is 5.92 Å². The second-order valence-corrected chi connectivity index (χ2v) is 4.45. The minimum absolute atomic E-state index is 0.605. The lowest BCUT2D eigenvalue weighted by molar-refractivity contribution is 0.554. The molecule has 76 valence electrons. The van der Waals surface area contributed by atoms with Crippen LogP contribution in [-0.4, -0.2) is 17.6 Å². The molecule has 0 bridgehead atoms. The summed E-state index contributed by atoms with van der Waals surface area (Å²) in [5, 5.41) is 3.49. The minimum Gasteiger partial charge on any atom is -0.314 e. The van der Waals surface area contributed by atoms with Crippen molar-refractivity contribution in [3.63, 3.8) is 0 Å². The van der Waals surface area contributed by atoms with Crippen molar-refractivity contribution < 1.29 is 0 Å². The summed E-state index contributed by atoms with van der Waals surface area (Å²) in [6.07, 6.45) is 5.12. The highest BCUT2D eigenvalue weighted by Crippen LogP contribution is 2.46. The van der Waals surface area contributed by atoms with E-state index in [-0.39, 0.29) is 0 Å².